The molecule has 0 saturated carbocycles. The van der Waals surface area contributed by atoms with E-state index < -0.39 is 10.0 Å². The predicted octanol–water partition coefficient (Wildman–Crippen LogP) is 6.09. The highest BCUT2D eigenvalue weighted by molar-refractivity contribution is 7.92. The lowest BCUT2D eigenvalue weighted by Crippen LogP contribution is -2.51. The van der Waals surface area contributed by atoms with Crippen LogP contribution in [0, 0.1) is 0 Å². The van der Waals surface area contributed by atoms with Crippen molar-refractivity contribution in [1.29, 1.82) is 0 Å². The van der Waals surface area contributed by atoms with Crippen LogP contribution in [0.15, 0.2) is 103 Å². The van der Waals surface area contributed by atoms with Gasteiger partial charge in [-0.2, -0.15) is 0 Å². The third kappa shape index (κ3) is 9.70. The van der Waals surface area contributed by atoms with E-state index in [1.807, 2.05) is 71.8 Å². The zero-order chi connectivity index (χ0) is 30.1. The van der Waals surface area contributed by atoms with Gasteiger partial charge in [-0.1, -0.05) is 54.6 Å². The summed E-state index contributed by atoms with van der Waals surface area (Å²) < 4.78 is 31.0. The van der Waals surface area contributed by atoms with Gasteiger partial charge in [0.05, 0.1) is 6.26 Å². The number of amides is 2. The number of piperidine rings is 1. The largest absolute Gasteiger partial charge is 0.439 e. The lowest BCUT2D eigenvalue weighted by molar-refractivity contribution is 0.197. The van der Waals surface area contributed by atoms with Crippen molar-refractivity contribution in [3.8, 4) is 11.6 Å². The molecule has 5 rings (SSSR count). The maximum absolute atomic E-state index is 13.4. The van der Waals surface area contributed by atoms with E-state index in [4.69, 9.17) is 4.74 Å². The quantitative estimate of drug-likeness (QED) is 0.207. The lowest BCUT2D eigenvalue weighted by Gasteiger charge is -2.38. The molecule has 3 aromatic carbocycles. The molecule has 2 N–H and O–H groups in total. The molecule has 0 aliphatic carbocycles. The second kappa shape index (κ2) is 15.6. The zero-order valence-corrected chi connectivity index (χ0v) is 26.3. The molecule has 0 spiro atoms. The molecule has 1 aliphatic heterocycles. The Kier molecular flexibility index (Phi) is 11.6. The minimum absolute atomic E-state index is 0. The Morgan fingerprint density at radius 2 is 1.57 bits per heavy atom. The second-order valence-electron chi connectivity index (χ2n) is 10.7. The summed E-state index contributed by atoms with van der Waals surface area (Å²) in [5, 5.41) is 3.14. The van der Waals surface area contributed by atoms with Gasteiger partial charge in [-0.15, -0.1) is 12.4 Å². The van der Waals surface area contributed by atoms with E-state index in [1.54, 1.807) is 24.3 Å². The van der Waals surface area contributed by atoms with Crippen LogP contribution in [0.5, 0.6) is 11.6 Å². The summed E-state index contributed by atoms with van der Waals surface area (Å²) in [6.45, 7) is 3.10. The molecule has 1 saturated heterocycles. The number of aromatic nitrogens is 1. The fourth-order valence-corrected chi connectivity index (χ4v) is 5.77. The van der Waals surface area contributed by atoms with Gasteiger partial charge in [0.2, 0.25) is 15.9 Å². The number of carbonyl (C=O) groups is 1. The number of para-hydroxylation sites is 1. The van der Waals surface area contributed by atoms with Gasteiger partial charge in [0.25, 0.3) is 0 Å². The van der Waals surface area contributed by atoms with Gasteiger partial charge in [-0.05, 0) is 66.8 Å². The van der Waals surface area contributed by atoms with Crippen molar-refractivity contribution in [3.63, 3.8) is 0 Å². The standard InChI is InChI=1S/C33H37N5O4S.ClH/c1-43(40,41)36-28-13-15-31(16-14-28)42-32-17-12-27(24-35-32)25-37-22-19-30(20-23-37)38(29-10-6-3-7-11-29)33(39)34-21-18-26-8-4-2-5-9-26;/h2-17,24,30,36H,18-23,25H2,1H3,(H,34,39);1H. The molecule has 4 aromatic rings. The summed E-state index contributed by atoms with van der Waals surface area (Å²) in [5.41, 5.74) is 3.67. The highest BCUT2D eigenvalue weighted by Crippen LogP contribution is 2.26. The van der Waals surface area contributed by atoms with Gasteiger partial charge < -0.3 is 10.1 Å². The van der Waals surface area contributed by atoms with Gasteiger partial charge in [0.15, 0.2) is 0 Å². The number of nitrogens with one attached hydrogen (secondary N) is 2. The molecular weight excluding hydrogens is 598 g/mol. The first-order valence-corrected chi connectivity index (χ1v) is 16.3. The van der Waals surface area contributed by atoms with Crippen molar-refractivity contribution in [2.45, 2.75) is 31.8 Å². The fraction of sp³-hybridized carbons (Fsp3) is 0.273. The highest BCUT2D eigenvalue weighted by Gasteiger charge is 2.29. The smallest absolute Gasteiger partial charge is 0.322 e. The van der Waals surface area contributed by atoms with Gasteiger partial charge in [0.1, 0.15) is 5.75 Å². The Labute approximate surface area is 265 Å². The third-order valence-electron chi connectivity index (χ3n) is 7.29. The first-order valence-electron chi connectivity index (χ1n) is 14.4. The number of ether oxygens (including phenoxy) is 1. The maximum Gasteiger partial charge on any atom is 0.322 e. The van der Waals surface area contributed by atoms with Crippen LogP contribution in [-0.2, 0) is 23.0 Å². The normalized spacial score (nSPS) is 13.8. The summed E-state index contributed by atoms with van der Waals surface area (Å²) in [4.78, 5) is 22.2. The van der Waals surface area contributed by atoms with Gasteiger partial charge in [-0.25, -0.2) is 18.2 Å². The average molecular weight is 636 g/mol. The van der Waals surface area contributed by atoms with Gasteiger partial charge >= 0.3 is 6.03 Å². The van der Waals surface area contributed by atoms with Crippen LogP contribution in [-0.4, -0.2) is 56.3 Å². The first-order chi connectivity index (χ1) is 20.8. The number of hydrogen-bond donors (Lipinski definition) is 2. The molecule has 0 bridgehead atoms. The Morgan fingerprint density at radius 1 is 0.909 bits per heavy atom. The molecule has 232 valence electrons. The van der Waals surface area contributed by atoms with Crippen molar-refractivity contribution >= 4 is 39.8 Å². The molecule has 0 radical (unpaired) electrons. The van der Waals surface area contributed by atoms with Crippen molar-refractivity contribution in [2.24, 2.45) is 0 Å². The predicted molar refractivity (Wildman–Crippen MR) is 177 cm³/mol. The molecule has 1 fully saturated rings. The maximum atomic E-state index is 13.4. The van der Waals surface area contributed by atoms with Crippen LogP contribution in [0.1, 0.15) is 24.0 Å². The summed E-state index contributed by atoms with van der Waals surface area (Å²) >= 11 is 0. The minimum atomic E-state index is -3.33. The molecular formula is C33H38ClN5O4S. The Balaban J connectivity index is 0.00000442. The number of hydrogen-bond acceptors (Lipinski definition) is 6. The highest BCUT2D eigenvalue weighted by atomic mass is 35.5. The number of nitrogens with zero attached hydrogens (tertiary/aromatic N) is 3. The molecule has 0 unspecified atom stereocenters. The summed E-state index contributed by atoms with van der Waals surface area (Å²) in [7, 11) is -3.33. The Bertz CT molecular complexity index is 1570. The molecule has 44 heavy (non-hydrogen) atoms. The van der Waals surface area contributed by atoms with E-state index in [9.17, 15) is 13.2 Å². The van der Waals surface area contributed by atoms with Crippen molar-refractivity contribution < 1.29 is 17.9 Å². The van der Waals surface area contributed by atoms with Crippen LogP contribution >= 0.6 is 12.4 Å². The van der Waals surface area contributed by atoms with Gasteiger partial charge in [-0.3, -0.25) is 14.5 Å². The number of urea groups is 1. The second-order valence-corrected chi connectivity index (χ2v) is 12.4. The van der Waals surface area contributed by atoms with Crippen molar-refractivity contribution in [1.82, 2.24) is 15.2 Å². The Hall–Kier alpha value is -4.12. The summed E-state index contributed by atoms with van der Waals surface area (Å²) in [6, 6.07) is 30.7. The average Bonchev–Trinajstić information content (AvgIpc) is 3.00. The van der Waals surface area contributed by atoms with Crippen LogP contribution in [0.25, 0.3) is 0 Å². The molecule has 1 aliphatic rings. The number of halogens is 1. The molecule has 0 atom stereocenters. The van der Waals surface area contributed by atoms with Crippen LogP contribution in [0.3, 0.4) is 0 Å². The first kappa shape index (κ1) is 32.8. The van der Waals surface area contributed by atoms with E-state index in [2.05, 4.69) is 32.1 Å². The summed E-state index contributed by atoms with van der Waals surface area (Å²) in [5.74, 6) is 1.02. The topological polar surface area (TPSA) is 104 Å². The number of carbonyl (C=O) groups excluding carboxylic acids is 1. The lowest BCUT2D eigenvalue weighted by atomic mass is 10.0. The number of pyridine rings is 1. The fourth-order valence-electron chi connectivity index (χ4n) is 5.21. The van der Waals surface area contributed by atoms with Gasteiger partial charge in [0, 0.05) is 55.9 Å². The minimum Gasteiger partial charge on any atom is -0.439 e. The van der Waals surface area contributed by atoms with Crippen molar-refractivity contribution in [3.05, 3.63) is 114 Å². The van der Waals surface area contributed by atoms with Crippen LogP contribution < -0.4 is 19.7 Å². The molecule has 9 nitrogen and oxygen atoms in total. The number of likely N-dealkylation sites (tertiary alicyclic amines) is 1. The molecule has 2 heterocycles. The van der Waals surface area contributed by atoms with E-state index in [1.165, 1.54) is 5.56 Å². The van der Waals surface area contributed by atoms with E-state index >= 15 is 0 Å². The van der Waals surface area contributed by atoms with E-state index in [-0.39, 0.29) is 24.5 Å². The van der Waals surface area contributed by atoms with Crippen LogP contribution in [0.4, 0.5) is 16.2 Å². The molecule has 11 heteroatoms. The zero-order valence-electron chi connectivity index (χ0n) is 24.6. The number of anilines is 2. The third-order valence-corrected chi connectivity index (χ3v) is 7.90. The van der Waals surface area contributed by atoms with Crippen molar-refractivity contribution in [2.75, 3.05) is 35.5 Å². The SMILES string of the molecule is CS(=O)(=O)Nc1ccc(Oc2ccc(CN3CCC(N(C(=O)NCCc4ccccc4)c4ccccc4)CC3)cn2)cc1.Cl. The number of rotatable bonds is 11. The Morgan fingerprint density at radius 3 is 2.18 bits per heavy atom. The van der Waals surface area contributed by atoms with E-state index in [0.29, 0.717) is 23.9 Å². The summed E-state index contributed by atoms with van der Waals surface area (Å²) in [6.07, 6.45) is 5.47. The molecule has 2 amide bonds. The van der Waals surface area contributed by atoms with Crippen LogP contribution in [0.2, 0.25) is 0 Å². The number of sulfonamides is 1. The van der Waals surface area contributed by atoms with E-state index in [0.717, 1.165) is 56.4 Å². The monoisotopic (exact) mass is 635 g/mol. The number of benzene rings is 3. The molecule has 1 aromatic heterocycles.